The molecule has 1 saturated heterocycles. The van der Waals surface area contributed by atoms with Crippen molar-refractivity contribution >= 4 is 17.1 Å². The number of carbonyl (C=O) groups is 1. The summed E-state index contributed by atoms with van der Waals surface area (Å²) in [5.74, 6) is 0. The standard InChI is InChI=1S/C20H20FN4O/c21-18-6-8-24(9-7-18)13-14-1-3-15(4-2-14)17-11-16-5-10-25(20(22)26)19(16)23-12-17/h1-4,10-12,18H,6-9,13H2,(H2,22,26). The smallest absolute Gasteiger partial charge is 0.324 e. The first-order valence-electron chi connectivity index (χ1n) is 8.74. The van der Waals surface area contributed by atoms with E-state index in [0.29, 0.717) is 18.5 Å². The van der Waals surface area contributed by atoms with Crippen LogP contribution in [0.4, 0.5) is 9.18 Å². The molecule has 26 heavy (non-hydrogen) atoms. The third-order valence-corrected chi connectivity index (χ3v) is 4.89. The van der Waals surface area contributed by atoms with Crippen molar-refractivity contribution in [1.29, 1.82) is 0 Å². The number of aromatic nitrogens is 2. The molecule has 1 radical (unpaired) electrons. The molecule has 0 unspecified atom stereocenters. The Morgan fingerprint density at radius 1 is 1.23 bits per heavy atom. The zero-order valence-electron chi connectivity index (χ0n) is 14.4. The number of carbonyl (C=O) groups excluding carboxylic acids is 1. The van der Waals surface area contributed by atoms with Gasteiger partial charge in [-0.25, -0.2) is 14.2 Å². The van der Waals surface area contributed by atoms with E-state index < -0.39 is 12.2 Å². The minimum Gasteiger partial charge on any atom is -0.351 e. The molecule has 3 aromatic rings. The Balaban J connectivity index is 1.51. The summed E-state index contributed by atoms with van der Waals surface area (Å²) in [6, 6.07) is 12.7. The largest absolute Gasteiger partial charge is 0.351 e. The van der Waals surface area contributed by atoms with Crippen LogP contribution in [0.15, 0.2) is 42.7 Å². The Labute approximate surface area is 151 Å². The fraction of sp³-hybridized carbons (Fsp3) is 0.300. The van der Waals surface area contributed by atoms with Crippen molar-refractivity contribution in [2.75, 3.05) is 13.1 Å². The molecule has 2 N–H and O–H groups in total. The van der Waals surface area contributed by atoms with Gasteiger partial charge in [0.05, 0.1) is 0 Å². The number of pyridine rings is 1. The highest BCUT2D eigenvalue weighted by molar-refractivity contribution is 5.90. The van der Waals surface area contributed by atoms with Crippen LogP contribution in [0.2, 0.25) is 0 Å². The fourth-order valence-corrected chi connectivity index (χ4v) is 3.40. The van der Waals surface area contributed by atoms with Crippen molar-refractivity contribution < 1.29 is 9.18 Å². The number of benzene rings is 1. The van der Waals surface area contributed by atoms with Gasteiger partial charge < -0.3 is 5.73 Å². The highest BCUT2D eigenvalue weighted by Crippen LogP contribution is 2.24. The molecule has 6 heteroatoms. The van der Waals surface area contributed by atoms with Gasteiger partial charge in [-0.15, -0.1) is 0 Å². The van der Waals surface area contributed by atoms with E-state index in [9.17, 15) is 9.18 Å². The number of hydrogen-bond acceptors (Lipinski definition) is 3. The highest BCUT2D eigenvalue weighted by atomic mass is 19.1. The van der Waals surface area contributed by atoms with Gasteiger partial charge >= 0.3 is 6.03 Å². The molecular weight excluding hydrogens is 331 g/mol. The number of rotatable bonds is 3. The molecule has 0 spiro atoms. The van der Waals surface area contributed by atoms with Gasteiger partial charge in [0.15, 0.2) is 0 Å². The molecule has 0 saturated carbocycles. The summed E-state index contributed by atoms with van der Waals surface area (Å²) in [5, 5.41) is 0.750. The summed E-state index contributed by atoms with van der Waals surface area (Å²) in [5.41, 5.74) is 9.04. The average Bonchev–Trinajstić information content (AvgIpc) is 3.08. The molecule has 0 bridgehead atoms. The van der Waals surface area contributed by atoms with Gasteiger partial charge in [0.2, 0.25) is 0 Å². The molecular formula is C20H20FN4O. The van der Waals surface area contributed by atoms with Crippen LogP contribution in [0.1, 0.15) is 18.4 Å². The maximum absolute atomic E-state index is 13.2. The first kappa shape index (κ1) is 16.7. The molecule has 1 aliphatic rings. The number of halogens is 1. The number of fused-ring (bicyclic) bond motifs is 1. The van der Waals surface area contributed by atoms with Crippen LogP contribution in [0.25, 0.3) is 22.2 Å². The van der Waals surface area contributed by atoms with Crippen LogP contribution in [-0.4, -0.2) is 39.7 Å². The zero-order valence-corrected chi connectivity index (χ0v) is 14.4. The van der Waals surface area contributed by atoms with Crippen molar-refractivity contribution in [1.82, 2.24) is 14.5 Å². The first-order chi connectivity index (χ1) is 12.6. The van der Waals surface area contributed by atoms with Crippen molar-refractivity contribution in [3.05, 3.63) is 54.4 Å². The number of alkyl halides is 1. The number of amides is 1. The normalized spacial score (nSPS) is 16.2. The van der Waals surface area contributed by atoms with E-state index in [1.165, 1.54) is 16.3 Å². The van der Waals surface area contributed by atoms with Crippen LogP contribution in [-0.2, 0) is 6.54 Å². The van der Waals surface area contributed by atoms with Crippen LogP contribution in [0, 0.1) is 6.07 Å². The summed E-state index contributed by atoms with van der Waals surface area (Å²) in [6.07, 6.45) is 3.86. The molecule has 5 nitrogen and oxygen atoms in total. The summed E-state index contributed by atoms with van der Waals surface area (Å²) in [4.78, 5) is 18.0. The van der Waals surface area contributed by atoms with Gasteiger partial charge in [0.25, 0.3) is 0 Å². The molecule has 1 fully saturated rings. The van der Waals surface area contributed by atoms with E-state index in [1.54, 1.807) is 6.20 Å². The second kappa shape index (κ2) is 6.88. The number of hydrogen-bond donors (Lipinski definition) is 1. The summed E-state index contributed by atoms with van der Waals surface area (Å²) < 4.78 is 14.5. The quantitative estimate of drug-likeness (QED) is 0.787. The number of piperidine rings is 1. The van der Waals surface area contributed by atoms with Crippen molar-refractivity contribution in [3.63, 3.8) is 0 Å². The van der Waals surface area contributed by atoms with Crippen LogP contribution >= 0.6 is 0 Å². The van der Waals surface area contributed by atoms with Crippen LogP contribution in [0.3, 0.4) is 0 Å². The van der Waals surface area contributed by atoms with E-state index in [4.69, 9.17) is 5.73 Å². The average molecular weight is 351 g/mol. The molecule has 0 atom stereocenters. The van der Waals surface area contributed by atoms with Gasteiger partial charge in [-0.1, -0.05) is 24.3 Å². The second-order valence-electron chi connectivity index (χ2n) is 6.72. The summed E-state index contributed by atoms with van der Waals surface area (Å²) >= 11 is 0. The number of nitrogens with two attached hydrogens (primary N) is 1. The van der Waals surface area contributed by atoms with E-state index in [2.05, 4.69) is 40.2 Å². The monoisotopic (exact) mass is 351 g/mol. The third-order valence-electron chi connectivity index (χ3n) is 4.89. The lowest BCUT2D eigenvalue weighted by atomic mass is 10.0. The summed E-state index contributed by atoms with van der Waals surface area (Å²) in [7, 11) is 0. The molecule has 0 aliphatic carbocycles. The second-order valence-corrected chi connectivity index (χ2v) is 6.72. The van der Waals surface area contributed by atoms with Crippen molar-refractivity contribution in [2.45, 2.75) is 25.6 Å². The lowest BCUT2D eigenvalue weighted by Gasteiger charge is -2.28. The number of likely N-dealkylation sites (tertiary alicyclic amines) is 1. The molecule has 1 aromatic carbocycles. The molecule has 2 aromatic heterocycles. The SMILES string of the molecule is NC(=O)n1c[c]c2cc(-c3ccc(CN4CCC(F)CC4)cc3)cnc21. The molecule has 1 aliphatic heterocycles. The van der Waals surface area contributed by atoms with Crippen molar-refractivity contribution in [3.8, 4) is 11.1 Å². The van der Waals surface area contributed by atoms with Crippen LogP contribution in [0.5, 0.6) is 0 Å². The predicted molar refractivity (Wildman–Crippen MR) is 98.4 cm³/mol. The summed E-state index contributed by atoms with van der Waals surface area (Å²) in [6.45, 7) is 2.48. The maximum Gasteiger partial charge on any atom is 0.324 e. The van der Waals surface area contributed by atoms with E-state index >= 15 is 0 Å². The van der Waals surface area contributed by atoms with Gasteiger partial charge in [0.1, 0.15) is 11.8 Å². The van der Waals surface area contributed by atoms with Gasteiger partial charge in [-0.05, 0) is 30.0 Å². The van der Waals surface area contributed by atoms with E-state index in [1.807, 2.05) is 6.07 Å². The maximum atomic E-state index is 13.2. The fourth-order valence-electron chi connectivity index (χ4n) is 3.40. The lowest BCUT2D eigenvalue weighted by Crippen LogP contribution is -2.33. The Morgan fingerprint density at radius 2 is 1.96 bits per heavy atom. The predicted octanol–water partition coefficient (Wildman–Crippen LogP) is 3.36. The Kier molecular flexibility index (Phi) is 4.42. The Hall–Kier alpha value is -2.73. The van der Waals surface area contributed by atoms with Crippen molar-refractivity contribution in [2.24, 2.45) is 5.73 Å². The number of primary amides is 1. The molecule has 3 heterocycles. The van der Waals surface area contributed by atoms with Gasteiger partial charge in [-0.2, -0.15) is 0 Å². The van der Waals surface area contributed by atoms with Crippen LogP contribution < -0.4 is 5.73 Å². The minimum absolute atomic E-state index is 0.508. The van der Waals surface area contributed by atoms with E-state index in [-0.39, 0.29) is 0 Å². The van der Waals surface area contributed by atoms with Gasteiger partial charge in [-0.3, -0.25) is 9.47 Å². The minimum atomic E-state index is -0.641. The topological polar surface area (TPSA) is 64.2 Å². The zero-order chi connectivity index (χ0) is 18.1. The third kappa shape index (κ3) is 3.32. The Morgan fingerprint density at radius 3 is 2.65 bits per heavy atom. The van der Waals surface area contributed by atoms with Gasteiger partial charge in [0, 0.05) is 49.0 Å². The molecule has 1 amide bonds. The Bertz CT molecular complexity index is 927. The molecule has 4 rings (SSSR count). The van der Waals surface area contributed by atoms with E-state index in [0.717, 1.165) is 36.1 Å². The first-order valence-corrected chi connectivity index (χ1v) is 8.74. The highest BCUT2D eigenvalue weighted by Gasteiger charge is 2.18. The molecule has 133 valence electrons. The lowest BCUT2D eigenvalue weighted by molar-refractivity contribution is 0.145. The number of nitrogens with zero attached hydrogens (tertiary/aromatic N) is 3.